The first-order valence-electron chi connectivity index (χ1n) is 8.83. The summed E-state index contributed by atoms with van der Waals surface area (Å²) in [4.78, 5) is 14.5. The number of benzene rings is 2. The lowest BCUT2D eigenvalue weighted by molar-refractivity contribution is -0.117. The Morgan fingerprint density at radius 2 is 1.82 bits per heavy atom. The molecule has 28 heavy (non-hydrogen) atoms. The third kappa shape index (κ3) is 5.60. The van der Waals surface area contributed by atoms with Crippen molar-refractivity contribution in [3.8, 4) is 17.6 Å². The average Bonchev–Trinajstić information content (AvgIpc) is 2.72. The van der Waals surface area contributed by atoms with Crippen LogP contribution in [0.2, 0.25) is 0 Å². The molecule has 0 aliphatic heterocycles. The van der Waals surface area contributed by atoms with E-state index in [-0.39, 0.29) is 11.6 Å². The van der Waals surface area contributed by atoms with Gasteiger partial charge in [-0.15, -0.1) is 0 Å². The molecule has 0 unspecified atom stereocenters. The van der Waals surface area contributed by atoms with E-state index in [0.29, 0.717) is 12.3 Å². The van der Waals surface area contributed by atoms with Gasteiger partial charge in [0.25, 0.3) is 5.91 Å². The van der Waals surface area contributed by atoms with Crippen molar-refractivity contribution in [2.75, 3.05) is 34.9 Å². The van der Waals surface area contributed by atoms with Gasteiger partial charge in [0.15, 0.2) is 0 Å². The van der Waals surface area contributed by atoms with E-state index in [0.717, 1.165) is 16.9 Å². The molecule has 2 rings (SSSR count). The van der Waals surface area contributed by atoms with Gasteiger partial charge in [-0.1, -0.05) is 24.3 Å². The van der Waals surface area contributed by atoms with Crippen LogP contribution in [0, 0.1) is 11.3 Å². The van der Waals surface area contributed by atoms with Crippen LogP contribution in [-0.2, 0) is 4.79 Å². The molecule has 2 aromatic rings. The van der Waals surface area contributed by atoms with Gasteiger partial charge in [-0.05, 0) is 55.6 Å². The Morgan fingerprint density at radius 3 is 2.39 bits per heavy atom. The number of carbonyl (C=O) groups is 1. The number of amides is 1. The molecule has 0 aromatic heterocycles. The summed E-state index contributed by atoms with van der Waals surface area (Å²) in [6.07, 6.45) is 1.55. The Hall–Kier alpha value is -3.30. The highest BCUT2D eigenvalue weighted by atomic mass is 16.5. The zero-order valence-corrected chi connectivity index (χ0v) is 16.6. The molecule has 0 aliphatic carbocycles. The van der Waals surface area contributed by atoms with Crippen LogP contribution in [0.25, 0.3) is 6.08 Å². The molecule has 0 bridgehead atoms. The van der Waals surface area contributed by atoms with Crippen LogP contribution in [0.3, 0.4) is 0 Å². The van der Waals surface area contributed by atoms with Crippen molar-refractivity contribution in [1.82, 2.24) is 10.2 Å². The van der Waals surface area contributed by atoms with Crippen LogP contribution in [0.1, 0.15) is 17.2 Å². The molecule has 2 aromatic carbocycles. The van der Waals surface area contributed by atoms with E-state index in [1.807, 2.05) is 61.5 Å². The normalized spacial score (nSPS) is 12.2. The molecule has 1 N–H and O–H groups in total. The number of nitriles is 1. The molecule has 0 saturated heterocycles. The Bertz CT molecular complexity index is 867. The monoisotopic (exact) mass is 379 g/mol. The third-order valence-electron chi connectivity index (χ3n) is 4.35. The predicted octanol–water partition coefficient (Wildman–Crippen LogP) is 3.03. The summed E-state index contributed by atoms with van der Waals surface area (Å²) in [6.45, 7) is 0.370. The summed E-state index contributed by atoms with van der Waals surface area (Å²) in [6, 6.07) is 16.8. The summed E-state index contributed by atoms with van der Waals surface area (Å²) in [5.74, 6) is 1.03. The number of rotatable bonds is 8. The molecule has 1 amide bonds. The maximum Gasteiger partial charge on any atom is 0.262 e. The minimum absolute atomic E-state index is 0.0355. The van der Waals surface area contributed by atoms with E-state index < -0.39 is 5.91 Å². The molecule has 0 spiro atoms. The number of methoxy groups -OCH3 is 2. The van der Waals surface area contributed by atoms with Gasteiger partial charge in [0.05, 0.1) is 20.3 Å². The lowest BCUT2D eigenvalue weighted by Gasteiger charge is -2.25. The summed E-state index contributed by atoms with van der Waals surface area (Å²) < 4.78 is 10.4. The Labute approximate surface area is 166 Å². The second kappa shape index (κ2) is 10.1. The molecule has 0 aliphatic rings. The molecule has 1 atom stereocenters. The zero-order valence-electron chi connectivity index (χ0n) is 16.6. The molecule has 0 radical (unpaired) electrons. The van der Waals surface area contributed by atoms with E-state index in [9.17, 15) is 10.1 Å². The predicted molar refractivity (Wildman–Crippen MR) is 109 cm³/mol. The number of hydrogen-bond donors (Lipinski definition) is 1. The Morgan fingerprint density at radius 1 is 1.14 bits per heavy atom. The van der Waals surface area contributed by atoms with E-state index in [2.05, 4.69) is 5.32 Å². The zero-order chi connectivity index (χ0) is 20.5. The highest BCUT2D eigenvalue weighted by molar-refractivity contribution is 6.01. The van der Waals surface area contributed by atoms with E-state index in [1.54, 1.807) is 32.4 Å². The maximum absolute atomic E-state index is 12.5. The van der Waals surface area contributed by atoms with Gasteiger partial charge < -0.3 is 19.7 Å². The SMILES string of the molecule is COc1ccc([C@@H](CNC(=O)/C(C#N)=C\c2cccc(OC)c2)N(C)C)cc1. The number of nitrogens with zero attached hydrogens (tertiary/aromatic N) is 2. The lowest BCUT2D eigenvalue weighted by atomic mass is 10.1. The van der Waals surface area contributed by atoms with Crippen LogP contribution in [-0.4, -0.2) is 45.7 Å². The summed E-state index contributed by atoms with van der Waals surface area (Å²) in [5, 5.41) is 12.3. The summed E-state index contributed by atoms with van der Waals surface area (Å²) in [5.41, 5.74) is 1.81. The number of nitrogens with one attached hydrogen (secondary N) is 1. The molecule has 6 heteroatoms. The first-order valence-corrected chi connectivity index (χ1v) is 8.83. The van der Waals surface area contributed by atoms with Crippen LogP contribution in [0.15, 0.2) is 54.1 Å². The minimum atomic E-state index is -0.411. The fourth-order valence-corrected chi connectivity index (χ4v) is 2.76. The van der Waals surface area contributed by atoms with E-state index in [4.69, 9.17) is 9.47 Å². The van der Waals surface area contributed by atoms with Crippen molar-refractivity contribution in [1.29, 1.82) is 5.26 Å². The van der Waals surface area contributed by atoms with Gasteiger partial charge in [-0.3, -0.25) is 4.79 Å². The van der Waals surface area contributed by atoms with Gasteiger partial charge in [0.1, 0.15) is 23.1 Å². The van der Waals surface area contributed by atoms with Crippen LogP contribution in [0.4, 0.5) is 0 Å². The van der Waals surface area contributed by atoms with Gasteiger partial charge >= 0.3 is 0 Å². The van der Waals surface area contributed by atoms with Crippen LogP contribution >= 0.6 is 0 Å². The number of likely N-dealkylation sites (N-methyl/N-ethyl adjacent to an activating group) is 1. The third-order valence-corrected chi connectivity index (χ3v) is 4.35. The van der Waals surface area contributed by atoms with Crippen molar-refractivity contribution in [3.63, 3.8) is 0 Å². The molecule has 146 valence electrons. The van der Waals surface area contributed by atoms with Gasteiger partial charge in [-0.25, -0.2) is 0 Å². The standard InChI is InChI=1S/C22H25N3O3/c1-25(2)21(17-8-10-19(27-3)11-9-17)15-24-22(26)18(14-23)12-16-6-5-7-20(13-16)28-4/h5-13,21H,15H2,1-4H3,(H,24,26)/b18-12-/t21-/m1/s1. The quantitative estimate of drug-likeness (QED) is 0.564. The van der Waals surface area contributed by atoms with Crippen LogP contribution < -0.4 is 14.8 Å². The number of hydrogen-bond acceptors (Lipinski definition) is 5. The molecule has 0 heterocycles. The topological polar surface area (TPSA) is 74.6 Å². The van der Waals surface area contributed by atoms with E-state index in [1.165, 1.54) is 0 Å². The van der Waals surface area contributed by atoms with E-state index >= 15 is 0 Å². The van der Waals surface area contributed by atoms with Gasteiger partial charge in [-0.2, -0.15) is 5.26 Å². The van der Waals surface area contributed by atoms with Gasteiger partial charge in [0.2, 0.25) is 0 Å². The second-order valence-corrected chi connectivity index (χ2v) is 6.41. The first-order chi connectivity index (χ1) is 13.5. The van der Waals surface area contributed by atoms with Crippen molar-refractivity contribution in [2.45, 2.75) is 6.04 Å². The molecule has 0 saturated carbocycles. The largest absolute Gasteiger partial charge is 0.497 e. The highest BCUT2D eigenvalue weighted by Gasteiger charge is 2.17. The van der Waals surface area contributed by atoms with Crippen molar-refractivity contribution in [3.05, 3.63) is 65.2 Å². The molecular formula is C22H25N3O3. The van der Waals surface area contributed by atoms with Crippen LogP contribution in [0.5, 0.6) is 11.5 Å². The van der Waals surface area contributed by atoms with Gasteiger partial charge in [0, 0.05) is 6.54 Å². The number of ether oxygens (including phenoxy) is 2. The first kappa shape index (κ1) is 21.0. The Kier molecular flexibility index (Phi) is 7.61. The number of carbonyl (C=O) groups excluding carboxylic acids is 1. The second-order valence-electron chi connectivity index (χ2n) is 6.41. The summed E-state index contributed by atoms with van der Waals surface area (Å²) in [7, 11) is 7.08. The average molecular weight is 379 g/mol. The van der Waals surface area contributed by atoms with Crippen molar-refractivity contribution >= 4 is 12.0 Å². The lowest BCUT2D eigenvalue weighted by Crippen LogP contribution is -2.35. The smallest absolute Gasteiger partial charge is 0.262 e. The Balaban J connectivity index is 2.11. The molecule has 0 fully saturated rings. The molecular weight excluding hydrogens is 354 g/mol. The van der Waals surface area contributed by atoms with Crippen molar-refractivity contribution in [2.24, 2.45) is 0 Å². The summed E-state index contributed by atoms with van der Waals surface area (Å²) >= 11 is 0. The minimum Gasteiger partial charge on any atom is -0.497 e. The maximum atomic E-state index is 12.5. The highest BCUT2D eigenvalue weighted by Crippen LogP contribution is 2.21. The fraction of sp³-hybridized carbons (Fsp3) is 0.273. The fourth-order valence-electron chi connectivity index (χ4n) is 2.76. The molecule has 6 nitrogen and oxygen atoms in total. The van der Waals surface area contributed by atoms with Crippen molar-refractivity contribution < 1.29 is 14.3 Å².